The minimum Gasteiger partial charge on any atom is -0.507 e. The molecule has 0 fully saturated rings. The van der Waals surface area contributed by atoms with Gasteiger partial charge in [-0.25, -0.2) is 0 Å². The van der Waals surface area contributed by atoms with E-state index in [4.69, 9.17) is 16.3 Å². The lowest BCUT2D eigenvalue weighted by Gasteiger charge is -2.11. The van der Waals surface area contributed by atoms with Crippen LogP contribution in [-0.2, 0) is 4.79 Å². The van der Waals surface area contributed by atoms with Crippen molar-refractivity contribution in [3.63, 3.8) is 0 Å². The Kier molecular flexibility index (Phi) is 6.05. The first-order chi connectivity index (χ1) is 11.4. The zero-order valence-corrected chi connectivity index (χ0v) is 14.9. The molecular formula is C16H14BrClN2O4. The number of nitrogens with one attached hydrogen (secondary N) is 2. The fraction of sp³-hybridized carbons (Fsp3) is 0.125. The third-order valence-electron chi connectivity index (χ3n) is 3.05. The fourth-order valence-electron chi connectivity index (χ4n) is 1.81. The molecule has 126 valence electrons. The van der Waals surface area contributed by atoms with Gasteiger partial charge in [0.05, 0.1) is 10.0 Å². The topological polar surface area (TPSA) is 87.7 Å². The number of phenolic OH excluding ortho intramolecular Hbond substituents is 1. The number of hydrogen-bond acceptors (Lipinski definition) is 4. The Hall–Kier alpha value is -2.25. The lowest BCUT2D eigenvalue weighted by molar-refractivity contribution is -0.123. The van der Waals surface area contributed by atoms with Gasteiger partial charge in [0.25, 0.3) is 11.8 Å². The summed E-state index contributed by atoms with van der Waals surface area (Å²) in [6, 6.07) is 9.63. The number of carbonyl (C=O) groups excluding carboxylic acids is 2. The number of halogens is 2. The van der Waals surface area contributed by atoms with E-state index in [1.165, 1.54) is 6.07 Å². The molecule has 2 aromatic carbocycles. The van der Waals surface area contributed by atoms with E-state index in [0.717, 1.165) is 0 Å². The van der Waals surface area contributed by atoms with Crippen LogP contribution in [0.2, 0.25) is 5.02 Å². The lowest BCUT2D eigenvalue weighted by atomic mass is 10.1. The van der Waals surface area contributed by atoms with Crippen LogP contribution in [0, 0.1) is 6.92 Å². The minimum absolute atomic E-state index is 0.0664. The van der Waals surface area contributed by atoms with Crippen LogP contribution in [-0.4, -0.2) is 23.5 Å². The van der Waals surface area contributed by atoms with E-state index in [1.807, 2.05) is 0 Å². The molecule has 0 unspecified atom stereocenters. The van der Waals surface area contributed by atoms with Gasteiger partial charge < -0.3 is 9.84 Å². The van der Waals surface area contributed by atoms with Crippen LogP contribution in [0.5, 0.6) is 11.5 Å². The quantitative estimate of drug-likeness (QED) is 0.673. The molecule has 2 amide bonds. The van der Waals surface area contributed by atoms with Gasteiger partial charge in [-0.05, 0) is 52.7 Å². The Morgan fingerprint density at radius 3 is 2.71 bits per heavy atom. The maximum absolute atomic E-state index is 11.9. The Bertz CT molecular complexity index is 783. The van der Waals surface area contributed by atoms with Crippen molar-refractivity contribution in [2.45, 2.75) is 6.92 Å². The van der Waals surface area contributed by atoms with Gasteiger partial charge in [-0.15, -0.1) is 0 Å². The number of hydrogen-bond donors (Lipinski definition) is 3. The standard InChI is InChI=1S/C16H14BrClN2O4/c1-9-3-2-4-11(15(9)22)16(23)20-19-14(21)8-24-13-6-5-10(18)7-12(13)17/h2-7,22H,8H2,1H3,(H,19,21)(H,20,23). The van der Waals surface area contributed by atoms with Crippen LogP contribution < -0.4 is 15.6 Å². The van der Waals surface area contributed by atoms with Crippen LogP contribution >= 0.6 is 27.5 Å². The van der Waals surface area contributed by atoms with E-state index < -0.39 is 11.8 Å². The van der Waals surface area contributed by atoms with Gasteiger partial charge in [-0.2, -0.15) is 0 Å². The summed E-state index contributed by atoms with van der Waals surface area (Å²) >= 11 is 9.08. The minimum atomic E-state index is -0.628. The highest BCUT2D eigenvalue weighted by Gasteiger charge is 2.13. The Labute approximate surface area is 151 Å². The fourth-order valence-corrected chi connectivity index (χ4v) is 2.60. The van der Waals surface area contributed by atoms with Crippen LogP contribution in [0.4, 0.5) is 0 Å². The predicted octanol–water partition coefficient (Wildman–Crippen LogP) is 2.96. The highest BCUT2D eigenvalue weighted by molar-refractivity contribution is 9.10. The summed E-state index contributed by atoms with van der Waals surface area (Å²) in [5.41, 5.74) is 5.05. The second-order valence-corrected chi connectivity index (χ2v) is 6.13. The lowest BCUT2D eigenvalue weighted by Crippen LogP contribution is -2.43. The summed E-state index contributed by atoms with van der Waals surface area (Å²) in [4.78, 5) is 23.7. The maximum atomic E-state index is 11.9. The van der Waals surface area contributed by atoms with Gasteiger partial charge in [0, 0.05) is 5.02 Å². The summed E-state index contributed by atoms with van der Waals surface area (Å²) in [6.07, 6.45) is 0. The van der Waals surface area contributed by atoms with Crippen molar-refractivity contribution in [1.29, 1.82) is 0 Å². The van der Waals surface area contributed by atoms with E-state index in [0.29, 0.717) is 20.8 Å². The molecule has 24 heavy (non-hydrogen) atoms. The normalized spacial score (nSPS) is 10.1. The number of hydrazine groups is 1. The molecule has 8 heteroatoms. The molecule has 3 N–H and O–H groups in total. The second kappa shape index (κ2) is 8.03. The molecule has 0 saturated heterocycles. The van der Waals surface area contributed by atoms with Crippen LogP contribution in [0.25, 0.3) is 0 Å². The molecule has 0 radical (unpaired) electrons. The molecule has 2 rings (SSSR count). The van der Waals surface area contributed by atoms with Gasteiger partial charge in [0.15, 0.2) is 6.61 Å². The number of para-hydroxylation sites is 1. The third-order valence-corrected chi connectivity index (χ3v) is 3.91. The maximum Gasteiger partial charge on any atom is 0.276 e. The number of phenols is 1. The van der Waals surface area contributed by atoms with Crippen molar-refractivity contribution >= 4 is 39.3 Å². The number of benzene rings is 2. The first-order valence-corrected chi connectivity index (χ1v) is 8.01. The van der Waals surface area contributed by atoms with Gasteiger partial charge >= 0.3 is 0 Å². The molecule has 0 aliphatic carbocycles. The SMILES string of the molecule is Cc1cccc(C(=O)NNC(=O)COc2ccc(Cl)cc2Br)c1O. The van der Waals surface area contributed by atoms with E-state index in [-0.39, 0.29) is 17.9 Å². The number of amides is 2. The van der Waals surface area contributed by atoms with Crippen molar-refractivity contribution in [3.8, 4) is 11.5 Å². The monoisotopic (exact) mass is 412 g/mol. The molecule has 6 nitrogen and oxygen atoms in total. The zero-order valence-electron chi connectivity index (χ0n) is 12.6. The number of ether oxygens (including phenoxy) is 1. The summed E-state index contributed by atoms with van der Waals surface area (Å²) in [5.74, 6) is -0.877. The molecule has 0 heterocycles. The number of aromatic hydroxyl groups is 1. The second-order valence-electron chi connectivity index (χ2n) is 4.84. The van der Waals surface area contributed by atoms with Gasteiger partial charge in [-0.1, -0.05) is 23.7 Å². The van der Waals surface area contributed by atoms with Crippen molar-refractivity contribution in [3.05, 3.63) is 57.0 Å². The molecule has 0 aromatic heterocycles. The molecule has 0 bridgehead atoms. The highest BCUT2D eigenvalue weighted by Crippen LogP contribution is 2.27. The molecule has 0 aliphatic rings. The van der Waals surface area contributed by atoms with Crippen LogP contribution in [0.1, 0.15) is 15.9 Å². The molecule has 0 atom stereocenters. The number of rotatable bonds is 4. The van der Waals surface area contributed by atoms with E-state index in [1.54, 1.807) is 37.3 Å². The van der Waals surface area contributed by atoms with Crippen molar-refractivity contribution < 1.29 is 19.4 Å². The predicted molar refractivity (Wildman–Crippen MR) is 93.1 cm³/mol. The first kappa shape index (κ1) is 18.1. The van der Waals surface area contributed by atoms with Crippen LogP contribution in [0.3, 0.4) is 0 Å². The highest BCUT2D eigenvalue weighted by atomic mass is 79.9. The van der Waals surface area contributed by atoms with E-state index >= 15 is 0 Å². The van der Waals surface area contributed by atoms with Gasteiger partial charge in [-0.3, -0.25) is 20.4 Å². The van der Waals surface area contributed by atoms with E-state index in [9.17, 15) is 14.7 Å². The summed E-state index contributed by atoms with van der Waals surface area (Å²) in [5, 5.41) is 10.4. The number of carbonyl (C=O) groups is 2. The Balaban J connectivity index is 1.87. The molecule has 0 aliphatic heterocycles. The van der Waals surface area contributed by atoms with Gasteiger partial charge in [0.2, 0.25) is 0 Å². The first-order valence-electron chi connectivity index (χ1n) is 6.84. The summed E-state index contributed by atoms with van der Waals surface area (Å²) < 4.78 is 5.92. The molecule has 0 saturated carbocycles. The Morgan fingerprint density at radius 2 is 2.00 bits per heavy atom. The van der Waals surface area contributed by atoms with Gasteiger partial charge in [0.1, 0.15) is 11.5 Å². The molecule has 2 aromatic rings. The average Bonchev–Trinajstić information content (AvgIpc) is 2.54. The van der Waals surface area contributed by atoms with Crippen molar-refractivity contribution in [1.82, 2.24) is 10.9 Å². The van der Waals surface area contributed by atoms with Crippen molar-refractivity contribution in [2.24, 2.45) is 0 Å². The molecule has 0 spiro atoms. The third kappa shape index (κ3) is 4.62. The molecular weight excluding hydrogens is 400 g/mol. The summed E-state index contributed by atoms with van der Waals surface area (Å²) in [6.45, 7) is 1.36. The van der Waals surface area contributed by atoms with Crippen LogP contribution in [0.15, 0.2) is 40.9 Å². The largest absolute Gasteiger partial charge is 0.507 e. The van der Waals surface area contributed by atoms with Crippen molar-refractivity contribution in [2.75, 3.05) is 6.61 Å². The Morgan fingerprint density at radius 1 is 1.25 bits per heavy atom. The smallest absolute Gasteiger partial charge is 0.276 e. The van der Waals surface area contributed by atoms with E-state index in [2.05, 4.69) is 26.8 Å². The average molecular weight is 414 g/mol. The zero-order chi connectivity index (χ0) is 17.7. The summed E-state index contributed by atoms with van der Waals surface area (Å²) in [7, 11) is 0. The number of aryl methyl sites for hydroxylation is 1.